The first-order valence-corrected chi connectivity index (χ1v) is 13.2. The molecule has 0 aliphatic carbocycles. The van der Waals surface area contributed by atoms with Gasteiger partial charge in [-0.2, -0.15) is 0 Å². The third-order valence-corrected chi connectivity index (χ3v) is 7.16. The maximum absolute atomic E-state index is 6.10. The minimum absolute atomic E-state index is 0.108. The standard InChI is InChI=1S/C31H34ClNS/c1-30(2,3)18-25-13-12-24(23-9-7-6-8-10-23)15-26(25)19-31(4,5)17-22-11-14-28(33-20-22)27-16-29(32)34-21-27/h6-16,20-21H,17-19H2,1-5H3. The molecule has 0 N–H and O–H groups in total. The highest BCUT2D eigenvalue weighted by Crippen LogP contribution is 2.34. The number of benzene rings is 2. The third kappa shape index (κ3) is 6.58. The van der Waals surface area contributed by atoms with Crippen molar-refractivity contribution in [2.45, 2.75) is 53.9 Å². The van der Waals surface area contributed by atoms with E-state index >= 15 is 0 Å². The largest absolute Gasteiger partial charge is 0.256 e. The summed E-state index contributed by atoms with van der Waals surface area (Å²) in [4.78, 5) is 4.72. The number of nitrogens with zero attached hydrogens (tertiary/aromatic N) is 1. The van der Waals surface area contributed by atoms with Crippen LogP contribution in [-0.2, 0) is 19.3 Å². The lowest BCUT2D eigenvalue weighted by atomic mass is 9.77. The summed E-state index contributed by atoms with van der Waals surface area (Å²) in [5.74, 6) is 0. The molecule has 3 heteroatoms. The monoisotopic (exact) mass is 487 g/mol. The molecule has 2 aromatic carbocycles. The van der Waals surface area contributed by atoms with E-state index < -0.39 is 0 Å². The van der Waals surface area contributed by atoms with Gasteiger partial charge in [0.1, 0.15) is 0 Å². The first-order chi connectivity index (χ1) is 16.1. The molecule has 34 heavy (non-hydrogen) atoms. The average Bonchev–Trinajstić information content (AvgIpc) is 3.21. The zero-order valence-electron chi connectivity index (χ0n) is 20.9. The molecule has 0 unspecified atom stereocenters. The average molecular weight is 488 g/mol. The second-order valence-corrected chi connectivity index (χ2v) is 12.8. The van der Waals surface area contributed by atoms with Crippen LogP contribution >= 0.6 is 22.9 Å². The molecule has 0 amide bonds. The molecular formula is C31H34ClNS. The molecular weight excluding hydrogens is 454 g/mol. The van der Waals surface area contributed by atoms with Gasteiger partial charge in [-0.3, -0.25) is 4.98 Å². The predicted octanol–water partition coefficient (Wildman–Crippen LogP) is 9.53. The first-order valence-electron chi connectivity index (χ1n) is 11.9. The quantitative estimate of drug-likeness (QED) is 0.253. The van der Waals surface area contributed by atoms with Gasteiger partial charge in [0.2, 0.25) is 0 Å². The molecule has 1 nitrogen and oxygen atoms in total. The van der Waals surface area contributed by atoms with Gasteiger partial charge in [0, 0.05) is 17.1 Å². The summed E-state index contributed by atoms with van der Waals surface area (Å²) in [6.45, 7) is 11.7. The van der Waals surface area contributed by atoms with E-state index in [-0.39, 0.29) is 10.8 Å². The molecule has 176 valence electrons. The molecule has 4 aromatic rings. The summed E-state index contributed by atoms with van der Waals surface area (Å²) in [6, 6.07) is 24.1. The minimum atomic E-state index is 0.108. The zero-order chi connectivity index (χ0) is 24.3. The van der Waals surface area contributed by atoms with Crippen LogP contribution < -0.4 is 0 Å². The van der Waals surface area contributed by atoms with Gasteiger partial charge in [0.15, 0.2) is 0 Å². The van der Waals surface area contributed by atoms with Gasteiger partial charge in [-0.15, -0.1) is 11.3 Å². The van der Waals surface area contributed by atoms with E-state index in [9.17, 15) is 0 Å². The molecule has 0 bridgehead atoms. The van der Waals surface area contributed by atoms with Crippen molar-refractivity contribution in [2.75, 3.05) is 0 Å². The maximum Gasteiger partial charge on any atom is 0.0935 e. The van der Waals surface area contributed by atoms with Gasteiger partial charge in [-0.1, -0.05) is 101 Å². The van der Waals surface area contributed by atoms with Crippen LogP contribution in [0.1, 0.15) is 51.3 Å². The van der Waals surface area contributed by atoms with Crippen molar-refractivity contribution in [3.63, 3.8) is 0 Å². The van der Waals surface area contributed by atoms with Crippen LogP contribution in [0.25, 0.3) is 22.4 Å². The highest BCUT2D eigenvalue weighted by Gasteiger charge is 2.23. The minimum Gasteiger partial charge on any atom is -0.256 e. The van der Waals surface area contributed by atoms with Crippen molar-refractivity contribution < 1.29 is 0 Å². The highest BCUT2D eigenvalue weighted by molar-refractivity contribution is 7.14. The summed E-state index contributed by atoms with van der Waals surface area (Å²) in [6.07, 6.45) is 5.11. The van der Waals surface area contributed by atoms with Crippen LogP contribution in [0.4, 0.5) is 0 Å². The number of rotatable bonds is 7. The zero-order valence-corrected chi connectivity index (χ0v) is 22.4. The van der Waals surface area contributed by atoms with E-state index in [1.165, 1.54) is 27.8 Å². The second-order valence-electron chi connectivity index (χ2n) is 11.3. The van der Waals surface area contributed by atoms with Crippen molar-refractivity contribution in [1.82, 2.24) is 4.98 Å². The van der Waals surface area contributed by atoms with Gasteiger partial charge in [0.25, 0.3) is 0 Å². The lowest BCUT2D eigenvalue weighted by molar-refractivity contribution is 0.355. The van der Waals surface area contributed by atoms with Gasteiger partial charge >= 0.3 is 0 Å². The highest BCUT2D eigenvalue weighted by atomic mass is 35.5. The Morgan fingerprint density at radius 2 is 1.50 bits per heavy atom. The van der Waals surface area contributed by atoms with Crippen LogP contribution in [-0.4, -0.2) is 4.98 Å². The number of halogens is 1. The van der Waals surface area contributed by atoms with Gasteiger partial charge in [-0.05, 0) is 70.0 Å². The Morgan fingerprint density at radius 3 is 2.12 bits per heavy atom. The van der Waals surface area contributed by atoms with Gasteiger partial charge < -0.3 is 0 Å². The van der Waals surface area contributed by atoms with Crippen molar-refractivity contribution in [3.05, 3.63) is 99.3 Å². The summed E-state index contributed by atoms with van der Waals surface area (Å²) in [5.41, 5.74) is 9.18. The molecule has 2 heterocycles. The molecule has 0 saturated carbocycles. The Labute approximate surface area is 213 Å². The molecule has 0 atom stereocenters. The van der Waals surface area contributed by atoms with E-state index in [0.717, 1.165) is 34.9 Å². The normalized spacial score (nSPS) is 12.2. The topological polar surface area (TPSA) is 12.9 Å². The fourth-order valence-corrected chi connectivity index (χ4v) is 5.49. The van der Waals surface area contributed by atoms with E-state index in [0.29, 0.717) is 0 Å². The number of hydrogen-bond acceptors (Lipinski definition) is 2. The predicted molar refractivity (Wildman–Crippen MR) is 149 cm³/mol. The lowest BCUT2D eigenvalue weighted by Crippen LogP contribution is -2.20. The molecule has 4 rings (SSSR count). The fraction of sp³-hybridized carbons (Fsp3) is 0.323. The summed E-state index contributed by atoms with van der Waals surface area (Å²) in [7, 11) is 0. The molecule has 2 aromatic heterocycles. The Balaban J connectivity index is 1.57. The van der Waals surface area contributed by atoms with E-state index in [1.54, 1.807) is 11.3 Å². The Kier molecular flexibility index (Phi) is 7.31. The van der Waals surface area contributed by atoms with Crippen molar-refractivity contribution in [1.29, 1.82) is 0 Å². The number of aromatic nitrogens is 1. The molecule has 0 aliphatic heterocycles. The van der Waals surface area contributed by atoms with Gasteiger partial charge in [0.05, 0.1) is 10.0 Å². The summed E-state index contributed by atoms with van der Waals surface area (Å²) in [5, 5.41) is 2.06. The van der Waals surface area contributed by atoms with Crippen molar-refractivity contribution in [3.8, 4) is 22.4 Å². The van der Waals surface area contributed by atoms with Crippen molar-refractivity contribution in [2.24, 2.45) is 10.8 Å². The van der Waals surface area contributed by atoms with Crippen LogP contribution in [0.5, 0.6) is 0 Å². The molecule has 0 saturated heterocycles. The summed E-state index contributed by atoms with van der Waals surface area (Å²) < 4.78 is 0.797. The summed E-state index contributed by atoms with van der Waals surface area (Å²) >= 11 is 7.64. The van der Waals surface area contributed by atoms with Crippen molar-refractivity contribution >= 4 is 22.9 Å². The Morgan fingerprint density at radius 1 is 0.735 bits per heavy atom. The molecule has 0 radical (unpaired) electrons. The van der Waals surface area contributed by atoms with Crippen LogP contribution in [0.3, 0.4) is 0 Å². The second kappa shape index (κ2) is 10.1. The maximum atomic E-state index is 6.10. The molecule has 0 aliphatic rings. The Hall–Kier alpha value is -2.42. The third-order valence-electron chi connectivity index (χ3n) is 6.07. The van der Waals surface area contributed by atoms with E-state index in [4.69, 9.17) is 16.6 Å². The van der Waals surface area contributed by atoms with Crippen LogP contribution in [0, 0.1) is 10.8 Å². The molecule has 0 fully saturated rings. The van der Waals surface area contributed by atoms with Crippen LogP contribution in [0.15, 0.2) is 78.3 Å². The number of thiophene rings is 1. The SMILES string of the molecule is CC(C)(C)Cc1ccc(-c2ccccc2)cc1CC(C)(C)Cc1ccc(-c2csc(Cl)c2)nc1. The first kappa shape index (κ1) is 24.7. The molecule has 0 spiro atoms. The Bertz CT molecular complexity index is 1230. The van der Waals surface area contributed by atoms with Crippen LogP contribution in [0.2, 0.25) is 4.34 Å². The number of hydrogen-bond donors (Lipinski definition) is 0. The lowest BCUT2D eigenvalue weighted by Gasteiger charge is -2.28. The fourth-order valence-electron chi connectivity index (χ4n) is 4.62. The van der Waals surface area contributed by atoms with E-state index in [2.05, 4.69) is 101 Å². The number of pyridine rings is 1. The van der Waals surface area contributed by atoms with Gasteiger partial charge in [-0.25, -0.2) is 0 Å². The van der Waals surface area contributed by atoms with E-state index in [1.807, 2.05) is 12.3 Å². The smallest absolute Gasteiger partial charge is 0.0935 e.